The van der Waals surface area contributed by atoms with E-state index in [1.54, 1.807) is 31.2 Å². The molecule has 0 bridgehead atoms. The summed E-state index contributed by atoms with van der Waals surface area (Å²) in [4.78, 5) is 16.8. The van der Waals surface area contributed by atoms with Crippen LogP contribution in [0, 0.1) is 13.8 Å². The third-order valence-corrected chi connectivity index (χ3v) is 6.01. The number of pyridine rings is 1. The minimum atomic E-state index is -3.79. The zero-order valence-electron chi connectivity index (χ0n) is 16.6. The molecule has 3 rings (SSSR count). The van der Waals surface area contributed by atoms with Gasteiger partial charge in [0.15, 0.2) is 0 Å². The number of amides is 1. The first-order valence-electron chi connectivity index (χ1n) is 9.24. The Morgan fingerprint density at radius 2 is 1.79 bits per heavy atom. The zero-order chi connectivity index (χ0) is 21.0. The number of hydrogen-bond acceptors (Lipinski definition) is 4. The van der Waals surface area contributed by atoms with Gasteiger partial charge in [-0.1, -0.05) is 36.8 Å². The number of anilines is 2. The Kier molecular flexibility index (Phi) is 5.98. The van der Waals surface area contributed by atoms with Crippen LogP contribution in [0.1, 0.15) is 34.0 Å². The molecule has 0 aliphatic carbocycles. The van der Waals surface area contributed by atoms with Crippen molar-refractivity contribution in [2.45, 2.75) is 32.1 Å². The molecule has 0 unspecified atom stereocenters. The van der Waals surface area contributed by atoms with Crippen LogP contribution in [0.2, 0.25) is 0 Å². The number of aryl methyl sites for hydroxylation is 3. The van der Waals surface area contributed by atoms with Crippen LogP contribution in [0.15, 0.2) is 65.8 Å². The quantitative estimate of drug-likeness (QED) is 0.635. The van der Waals surface area contributed by atoms with Gasteiger partial charge in [-0.15, -0.1) is 0 Å². The van der Waals surface area contributed by atoms with E-state index in [4.69, 9.17) is 0 Å². The molecule has 1 amide bonds. The van der Waals surface area contributed by atoms with Crippen LogP contribution in [0.25, 0.3) is 0 Å². The fourth-order valence-corrected chi connectivity index (χ4v) is 4.27. The second-order valence-corrected chi connectivity index (χ2v) is 8.50. The highest BCUT2D eigenvalue weighted by molar-refractivity contribution is 7.92. The number of hydrogen-bond donors (Lipinski definition) is 2. The minimum absolute atomic E-state index is 0.189. The SMILES string of the molecule is CCc1cccc(NC(=O)c2cncc(NS(=O)(=O)c3ccc(C)cc3C)c2)c1. The highest BCUT2D eigenvalue weighted by Gasteiger charge is 2.18. The van der Waals surface area contributed by atoms with Crippen molar-refractivity contribution in [1.29, 1.82) is 0 Å². The van der Waals surface area contributed by atoms with Crippen molar-refractivity contribution in [2.24, 2.45) is 0 Å². The van der Waals surface area contributed by atoms with Crippen molar-refractivity contribution in [3.8, 4) is 0 Å². The van der Waals surface area contributed by atoms with Crippen molar-refractivity contribution in [2.75, 3.05) is 10.0 Å². The third kappa shape index (κ3) is 5.00. The van der Waals surface area contributed by atoms with Gasteiger partial charge >= 0.3 is 0 Å². The molecule has 6 nitrogen and oxygen atoms in total. The monoisotopic (exact) mass is 409 g/mol. The summed E-state index contributed by atoms with van der Waals surface area (Å²) < 4.78 is 28.0. The summed E-state index contributed by atoms with van der Waals surface area (Å²) in [7, 11) is -3.79. The fraction of sp³-hybridized carbons (Fsp3) is 0.182. The smallest absolute Gasteiger partial charge is 0.262 e. The molecule has 0 saturated carbocycles. The van der Waals surface area contributed by atoms with Crippen molar-refractivity contribution in [3.05, 3.63) is 83.2 Å². The van der Waals surface area contributed by atoms with E-state index in [2.05, 4.69) is 15.0 Å². The van der Waals surface area contributed by atoms with Crippen LogP contribution in [0.3, 0.4) is 0 Å². The molecule has 2 aromatic carbocycles. The van der Waals surface area contributed by atoms with Crippen molar-refractivity contribution < 1.29 is 13.2 Å². The summed E-state index contributed by atoms with van der Waals surface area (Å²) in [5.41, 5.74) is 3.89. The number of nitrogens with one attached hydrogen (secondary N) is 2. The van der Waals surface area contributed by atoms with Gasteiger partial charge in [-0.2, -0.15) is 0 Å². The van der Waals surface area contributed by atoms with E-state index in [-0.39, 0.29) is 22.1 Å². The fourth-order valence-electron chi connectivity index (χ4n) is 3.00. The molecule has 0 spiro atoms. The van der Waals surface area contributed by atoms with Gasteiger partial charge in [0, 0.05) is 11.9 Å². The summed E-state index contributed by atoms with van der Waals surface area (Å²) in [6.07, 6.45) is 3.63. The number of sulfonamides is 1. The lowest BCUT2D eigenvalue weighted by Crippen LogP contribution is -2.16. The van der Waals surface area contributed by atoms with Gasteiger partial charge in [-0.05, 0) is 55.7 Å². The summed E-state index contributed by atoms with van der Waals surface area (Å²) in [5, 5.41) is 2.81. The average Bonchev–Trinajstić information content (AvgIpc) is 2.67. The lowest BCUT2D eigenvalue weighted by atomic mass is 10.1. The summed E-state index contributed by atoms with van der Waals surface area (Å²) in [5.74, 6) is -0.363. The maximum atomic E-state index is 12.7. The molecule has 1 heterocycles. The number of carbonyl (C=O) groups excluding carboxylic acids is 1. The van der Waals surface area contributed by atoms with E-state index in [0.717, 1.165) is 17.5 Å². The van der Waals surface area contributed by atoms with Gasteiger partial charge in [0.05, 0.1) is 22.3 Å². The van der Waals surface area contributed by atoms with E-state index < -0.39 is 10.0 Å². The number of rotatable bonds is 6. The largest absolute Gasteiger partial charge is 0.322 e. The molecule has 150 valence electrons. The lowest BCUT2D eigenvalue weighted by molar-refractivity contribution is 0.102. The molecule has 29 heavy (non-hydrogen) atoms. The van der Waals surface area contributed by atoms with Gasteiger partial charge in [-0.3, -0.25) is 14.5 Å². The maximum absolute atomic E-state index is 12.7. The predicted molar refractivity (Wildman–Crippen MR) is 115 cm³/mol. The average molecular weight is 410 g/mol. The van der Waals surface area contributed by atoms with E-state index in [1.807, 2.05) is 32.0 Å². The van der Waals surface area contributed by atoms with Gasteiger partial charge in [0.2, 0.25) is 0 Å². The van der Waals surface area contributed by atoms with Crippen LogP contribution in [0.5, 0.6) is 0 Å². The van der Waals surface area contributed by atoms with Gasteiger partial charge in [0.1, 0.15) is 0 Å². The second kappa shape index (κ2) is 8.45. The van der Waals surface area contributed by atoms with Crippen molar-refractivity contribution in [1.82, 2.24) is 4.98 Å². The molecule has 0 atom stereocenters. The topological polar surface area (TPSA) is 88.2 Å². The highest BCUT2D eigenvalue weighted by Crippen LogP contribution is 2.21. The normalized spacial score (nSPS) is 11.1. The Morgan fingerprint density at radius 1 is 1.00 bits per heavy atom. The first-order valence-corrected chi connectivity index (χ1v) is 10.7. The van der Waals surface area contributed by atoms with E-state index in [1.165, 1.54) is 18.5 Å². The Balaban J connectivity index is 1.80. The minimum Gasteiger partial charge on any atom is -0.322 e. The summed E-state index contributed by atoms with van der Waals surface area (Å²) >= 11 is 0. The molecule has 0 radical (unpaired) electrons. The number of benzene rings is 2. The predicted octanol–water partition coefficient (Wildman–Crippen LogP) is 4.31. The van der Waals surface area contributed by atoms with Gasteiger partial charge in [0.25, 0.3) is 15.9 Å². The summed E-state index contributed by atoms with van der Waals surface area (Å²) in [6.45, 7) is 5.68. The molecule has 7 heteroatoms. The van der Waals surface area contributed by atoms with Gasteiger partial charge < -0.3 is 5.32 Å². The standard InChI is InChI=1S/C22H23N3O3S/c1-4-17-6-5-7-19(11-17)24-22(26)18-12-20(14-23-13-18)25-29(27,28)21-9-8-15(2)10-16(21)3/h5-14,25H,4H2,1-3H3,(H,24,26). The molecule has 0 saturated heterocycles. The molecule has 0 aliphatic heterocycles. The second-order valence-electron chi connectivity index (χ2n) is 6.84. The first-order chi connectivity index (χ1) is 13.8. The van der Waals surface area contributed by atoms with Gasteiger partial charge in [-0.25, -0.2) is 8.42 Å². The Morgan fingerprint density at radius 3 is 2.52 bits per heavy atom. The van der Waals surface area contributed by atoms with Crippen LogP contribution >= 0.6 is 0 Å². The molecular formula is C22H23N3O3S. The Hall–Kier alpha value is -3.19. The Bertz CT molecular complexity index is 1160. The lowest BCUT2D eigenvalue weighted by Gasteiger charge is -2.12. The molecule has 1 aromatic heterocycles. The highest BCUT2D eigenvalue weighted by atomic mass is 32.2. The molecular weight excluding hydrogens is 386 g/mol. The number of aromatic nitrogens is 1. The molecule has 2 N–H and O–H groups in total. The van der Waals surface area contributed by atoms with E-state index in [0.29, 0.717) is 11.3 Å². The molecule has 0 fully saturated rings. The Labute approximate surface area is 171 Å². The molecule has 0 aliphatic rings. The third-order valence-electron chi connectivity index (χ3n) is 4.47. The van der Waals surface area contributed by atoms with E-state index in [9.17, 15) is 13.2 Å². The zero-order valence-corrected chi connectivity index (χ0v) is 17.4. The number of nitrogens with zero attached hydrogens (tertiary/aromatic N) is 1. The molecule has 3 aromatic rings. The van der Waals surface area contributed by atoms with E-state index >= 15 is 0 Å². The maximum Gasteiger partial charge on any atom is 0.262 e. The first kappa shape index (κ1) is 20.5. The van der Waals surface area contributed by atoms with Crippen molar-refractivity contribution >= 4 is 27.3 Å². The number of carbonyl (C=O) groups is 1. The van der Waals surface area contributed by atoms with Crippen molar-refractivity contribution in [3.63, 3.8) is 0 Å². The van der Waals surface area contributed by atoms with Crippen LogP contribution in [-0.4, -0.2) is 19.3 Å². The van der Waals surface area contributed by atoms with Crippen LogP contribution in [0.4, 0.5) is 11.4 Å². The van der Waals surface area contributed by atoms with Crippen LogP contribution in [-0.2, 0) is 16.4 Å². The van der Waals surface area contributed by atoms with Crippen LogP contribution < -0.4 is 10.0 Å². The summed E-state index contributed by atoms with van der Waals surface area (Å²) in [6, 6.07) is 14.1.